The monoisotopic (exact) mass is 375 g/mol. The lowest BCUT2D eigenvalue weighted by molar-refractivity contribution is -0.0450. The van der Waals surface area contributed by atoms with E-state index in [2.05, 4.69) is 14.4 Å². The molecule has 11 heteroatoms. The van der Waals surface area contributed by atoms with E-state index in [4.69, 9.17) is 14.5 Å². The summed E-state index contributed by atoms with van der Waals surface area (Å²) in [5.74, 6) is 0.665. The second-order valence-corrected chi connectivity index (χ2v) is 7.59. The van der Waals surface area contributed by atoms with Gasteiger partial charge in [-0.05, 0) is 19.8 Å². The molecule has 3 atom stereocenters. The summed E-state index contributed by atoms with van der Waals surface area (Å²) < 4.78 is 22.0. The zero-order valence-electron chi connectivity index (χ0n) is 13.8. The Kier molecular flexibility index (Phi) is 5.29. The van der Waals surface area contributed by atoms with Crippen LogP contribution in [0.3, 0.4) is 0 Å². The maximum Gasteiger partial charge on any atom is 0.469 e. The molecule has 0 aliphatic carbocycles. The van der Waals surface area contributed by atoms with Crippen molar-refractivity contribution in [2.24, 2.45) is 0 Å². The van der Waals surface area contributed by atoms with E-state index in [1.54, 1.807) is 6.20 Å². The number of anilines is 1. The Bertz CT molecular complexity index is 728. The van der Waals surface area contributed by atoms with Crippen LogP contribution in [-0.2, 0) is 13.8 Å². The zero-order chi connectivity index (χ0) is 18.2. The van der Waals surface area contributed by atoms with Crippen LogP contribution >= 0.6 is 7.82 Å². The van der Waals surface area contributed by atoms with E-state index in [0.29, 0.717) is 5.82 Å². The van der Waals surface area contributed by atoms with E-state index in [1.807, 2.05) is 6.92 Å². The van der Waals surface area contributed by atoms with Crippen LogP contribution in [0.15, 0.2) is 11.0 Å². The predicted molar refractivity (Wildman–Crippen MR) is 87.2 cm³/mol. The molecule has 3 N–H and O–H groups in total. The van der Waals surface area contributed by atoms with Crippen LogP contribution in [0, 0.1) is 6.92 Å². The van der Waals surface area contributed by atoms with Crippen LogP contribution in [0.2, 0.25) is 0 Å². The summed E-state index contributed by atoms with van der Waals surface area (Å²) >= 11 is 0. The number of rotatable bonds is 5. The molecule has 0 radical (unpaired) electrons. The molecule has 25 heavy (non-hydrogen) atoms. The highest BCUT2D eigenvalue weighted by molar-refractivity contribution is 7.46. The smallest absolute Gasteiger partial charge is 0.390 e. The Morgan fingerprint density at radius 2 is 2.08 bits per heavy atom. The molecule has 140 valence electrons. The standard InChI is InChI=1S/C14H22N3O7P/c1-9-7-17(14(19)15-13(9)16-4-2-3-5-16)12-6-10(18)11(24-12)8-23-25(20,21)22/h7,10-12,18H,2-6,8H2,1H3,(H2,20,21,22)/t10?,11-,12-/m1/s1. The summed E-state index contributed by atoms with van der Waals surface area (Å²) in [4.78, 5) is 36.1. The molecule has 3 heterocycles. The van der Waals surface area contributed by atoms with Gasteiger partial charge in [-0.15, -0.1) is 0 Å². The Labute approximate surface area is 144 Å². The number of phosphoric ester groups is 1. The molecule has 0 aromatic carbocycles. The lowest BCUT2D eigenvalue weighted by Gasteiger charge is -2.21. The normalized spacial score (nSPS) is 27.2. The first kappa shape index (κ1) is 18.5. The van der Waals surface area contributed by atoms with Gasteiger partial charge < -0.3 is 24.5 Å². The molecule has 0 bridgehead atoms. The fraction of sp³-hybridized carbons (Fsp3) is 0.714. The van der Waals surface area contributed by atoms with Gasteiger partial charge in [-0.25, -0.2) is 9.36 Å². The summed E-state index contributed by atoms with van der Waals surface area (Å²) in [6, 6.07) is 0. The summed E-state index contributed by atoms with van der Waals surface area (Å²) in [6.45, 7) is 3.14. The first-order valence-electron chi connectivity index (χ1n) is 8.13. The molecular formula is C14H22N3O7P. The summed E-state index contributed by atoms with van der Waals surface area (Å²) in [5, 5.41) is 10.0. The average Bonchev–Trinajstić information content (AvgIpc) is 3.16. The lowest BCUT2D eigenvalue weighted by Crippen LogP contribution is -2.31. The van der Waals surface area contributed by atoms with E-state index in [-0.39, 0.29) is 6.42 Å². The van der Waals surface area contributed by atoms with Gasteiger partial charge >= 0.3 is 13.5 Å². The highest BCUT2D eigenvalue weighted by Gasteiger charge is 2.37. The second kappa shape index (κ2) is 7.14. The Hall–Kier alpha value is -1.29. The van der Waals surface area contributed by atoms with Gasteiger partial charge in [-0.2, -0.15) is 4.98 Å². The first-order valence-corrected chi connectivity index (χ1v) is 9.66. The number of aliphatic hydroxyl groups is 1. The number of aromatic nitrogens is 2. The summed E-state index contributed by atoms with van der Waals surface area (Å²) in [6.07, 6.45) is 1.22. The van der Waals surface area contributed by atoms with Crippen molar-refractivity contribution in [2.75, 3.05) is 24.6 Å². The van der Waals surface area contributed by atoms with Gasteiger partial charge in [0.05, 0.1) is 12.7 Å². The van der Waals surface area contributed by atoms with Gasteiger partial charge in [0.2, 0.25) is 0 Å². The van der Waals surface area contributed by atoms with Crippen molar-refractivity contribution in [1.29, 1.82) is 0 Å². The number of aliphatic hydroxyl groups excluding tert-OH is 1. The minimum absolute atomic E-state index is 0.110. The molecule has 10 nitrogen and oxygen atoms in total. The van der Waals surface area contributed by atoms with Gasteiger partial charge in [-0.3, -0.25) is 9.09 Å². The number of ether oxygens (including phenoxy) is 1. The van der Waals surface area contributed by atoms with Crippen molar-refractivity contribution >= 4 is 13.6 Å². The molecule has 1 unspecified atom stereocenters. The molecule has 3 rings (SSSR count). The summed E-state index contributed by atoms with van der Waals surface area (Å²) in [7, 11) is -4.65. The van der Waals surface area contributed by atoms with Gasteiger partial charge in [0.15, 0.2) is 0 Å². The van der Waals surface area contributed by atoms with Crippen LogP contribution in [0.25, 0.3) is 0 Å². The van der Waals surface area contributed by atoms with Crippen LogP contribution in [0.4, 0.5) is 5.82 Å². The van der Waals surface area contributed by atoms with Crippen molar-refractivity contribution in [2.45, 2.75) is 44.6 Å². The number of aryl methyl sites for hydroxylation is 1. The molecule has 1 aromatic heterocycles. The Balaban J connectivity index is 1.75. The van der Waals surface area contributed by atoms with Crippen molar-refractivity contribution in [3.63, 3.8) is 0 Å². The van der Waals surface area contributed by atoms with Gasteiger partial charge in [0.1, 0.15) is 18.1 Å². The zero-order valence-corrected chi connectivity index (χ0v) is 14.7. The van der Waals surface area contributed by atoms with Crippen LogP contribution in [0.1, 0.15) is 31.1 Å². The minimum Gasteiger partial charge on any atom is -0.390 e. The van der Waals surface area contributed by atoms with E-state index in [0.717, 1.165) is 31.5 Å². The SMILES string of the molecule is Cc1cn([C@H]2CC(O)[C@@H](COP(=O)(O)O)O2)c(=O)nc1N1CCCC1. The van der Waals surface area contributed by atoms with Crippen molar-refractivity contribution in [1.82, 2.24) is 9.55 Å². The van der Waals surface area contributed by atoms with E-state index >= 15 is 0 Å². The average molecular weight is 375 g/mol. The molecule has 0 saturated carbocycles. The fourth-order valence-electron chi connectivity index (χ4n) is 3.22. The van der Waals surface area contributed by atoms with Crippen molar-refractivity contribution in [3.05, 3.63) is 22.2 Å². The van der Waals surface area contributed by atoms with Crippen LogP contribution in [-0.4, -0.2) is 56.3 Å². The van der Waals surface area contributed by atoms with Crippen LogP contribution < -0.4 is 10.6 Å². The number of nitrogens with zero attached hydrogens (tertiary/aromatic N) is 3. The minimum atomic E-state index is -4.65. The highest BCUT2D eigenvalue weighted by Crippen LogP contribution is 2.38. The molecule has 2 aliphatic rings. The second-order valence-electron chi connectivity index (χ2n) is 6.35. The van der Waals surface area contributed by atoms with E-state index < -0.39 is 38.6 Å². The molecular weight excluding hydrogens is 353 g/mol. The Morgan fingerprint density at radius 1 is 1.40 bits per heavy atom. The van der Waals surface area contributed by atoms with E-state index in [9.17, 15) is 14.5 Å². The maximum absolute atomic E-state index is 12.4. The highest BCUT2D eigenvalue weighted by atomic mass is 31.2. The fourth-order valence-corrected chi connectivity index (χ4v) is 3.56. The molecule has 1 aromatic rings. The number of hydrogen-bond donors (Lipinski definition) is 3. The third-order valence-corrected chi connectivity index (χ3v) is 4.92. The van der Waals surface area contributed by atoms with Crippen LogP contribution in [0.5, 0.6) is 0 Å². The maximum atomic E-state index is 12.4. The van der Waals surface area contributed by atoms with Gasteiger partial charge in [0.25, 0.3) is 0 Å². The lowest BCUT2D eigenvalue weighted by atomic mass is 10.2. The topological polar surface area (TPSA) is 134 Å². The molecule has 2 aliphatic heterocycles. The van der Waals surface area contributed by atoms with Gasteiger partial charge in [0, 0.05) is 31.3 Å². The third kappa shape index (κ3) is 4.28. The molecule has 2 saturated heterocycles. The van der Waals surface area contributed by atoms with Crippen molar-refractivity contribution in [3.8, 4) is 0 Å². The number of hydrogen-bond acceptors (Lipinski definition) is 7. The van der Waals surface area contributed by atoms with Gasteiger partial charge in [-0.1, -0.05) is 0 Å². The molecule has 0 spiro atoms. The molecule has 2 fully saturated rings. The molecule has 0 amide bonds. The quantitative estimate of drug-likeness (QED) is 0.604. The number of phosphoric acid groups is 1. The largest absolute Gasteiger partial charge is 0.469 e. The predicted octanol–water partition coefficient (Wildman–Crippen LogP) is -0.0904. The third-order valence-electron chi connectivity index (χ3n) is 4.43. The van der Waals surface area contributed by atoms with E-state index in [1.165, 1.54) is 4.57 Å². The van der Waals surface area contributed by atoms with Crippen molar-refractivity contribution < 1.29 is 28.7 Å². The first-order chi connectivity index (χ1) is 11.7. The Morgan fingerprint density at radius 3 is 2.72 bits per heavy atom. The summed E-state index contributed by atoms with van der Waals surface area (Å²) in [5.41, 5.74) is 0.343.